The monoisotopic (exact) mass is 247 g/mol. The van der Waals surface area contributed by atoms with Crippen molar-refractivity contribution in [2.24, 2.45) is 0 Å². The SMILES string of the molecule is Cc1ccc(C)n1-c1nc(N2CCOCC2)n[nH]1. The number of aryl methyl sites for hydroxylation is 2. The van der Waals surface area contributed by atoms with Gasteiger partial charge in [-0.15, -0.1) is 5.10 Å². The summed E-state index contributed by atoms with van der Waals surface area (Å²) in [7, 11) is 0. The zero-order valence-corrected chi connectivity index (χ0v) is 10.7. The van der Waals surface area contributed by atoms with Crippen molar-refractivity contribution in [3.63, 3.8) is 0 Å². The van der Waals surface area contributed by atoms with Crippen LogP contribution in [0, 0.1) is 13.8 Å². The molecule has 2 aromatic heterocycles. The van der Waals surface area contributed by atoms with Gasteiger partial charge < -0.3 is 9.64 Å². The third kappa shape index (κ3) is 1.88. The fraction of sp³-hybridized carbons (Fsp3) is 0.500. The standard InChI is InChI=1S/C12H17N5O/c1-9-3-4-10(2)17(9)12-13-11(14-15-12)16-5-7-18-8-6-16/h3-4H,5-8H2,1-2H3,(H,13,14,15). The predicted octanol–water partition coefficient (Wildman–Crippen LogP) is 1.05. The van der Waals surface area contributed by atoms with Gasteiger partial charge in [-0.25, -0.2) is 5.10 Å². The van der Waals surface area contributed by atoms with Crippen molar-refractivity contribution in [2.45, 2.75) is 13.8 Å². The molecule has 1 aliphatic rings. The van der Waals surface area contributed by atoms with E-state index < -0.39 is 0 Å². The first-order valence-corrected chi connectivity index (χ1v) is 6.16. The highest BCUT2D eigenvalue weighted by atomic mass is 16.5. The van der Waals surface area contributed by atoms with Gasteiger partial charge in [0.15, 0.2) is 0 Å². The smallest absolute Gasteiger partial charge is 0.246 e. The fourth-order valence-corrected chi connectivity index (χ4v) is 2.25. The Morgan fingerprint density at radius 3 is 2.50 bits per heavy atom. The molecule has 0 bridgehead atoms. The van der Waals surface area contributed by atoms with E-state index >= 15 is 0 Å². The Morgan fingerprint density at radius 1 is 1.17 bits per heavy atom. The van der Waals surface area contributed by atoms with Crippen molar-refractivity contribution < 1.29 is 4.74 Å². The van der Waals surface area contributed by atoms with Gasteiger partial charge in [0.25, 0.3) is 0 Å². The van der Waals surface area contributed by atoms with E-state index in [2.05, 4.69) is 50.6 Å². The summed E-state index contributed by atoms with van der Waals surface area (Å²) in [6, 6.07) is 4.15. The van der Waals surface area contributed by atoms with Gasteiger partial charge >= 0.3 is 0 Å². The molecule has 0 spiro atoms. The van der Waals surface area contributed by atoms with Crippen molar-refractivity contribution in [3.05, 3.63) is 23.5 Å². The molecule has 0 aromatic carbocycles. The Morgan fingerprint density at radius 2 is 1.83 bits per heavy atom. The lowest BCUT2D eigenvalue weighted by atomic mass is 10.4. The zero-order chi connectivity index (χ0) is 12.5. The van der Waals surface area contributed by atoms with Gasteiger partial charge in [0.2, 0.25) is 11.9 Å². The topological polar surface area (TPSA) is 59.0 Å². The van der Waals surface area contributed by atoms with Crippen LogP contribution in [-0.2, 0) is 4.74 Å². The second-order valence-corrected chi connectivity index (χ2v) is 4.51. The van der Waals surface area contributed by atoms with Gasteiger partial charge in [-0.1, -0.05) is 0 Å². The normalized spacial score (nSPS) is 16.2. The summed E-state index contributed by atoms with van der Waals surface area (Å²) in [5.41, 5.74) is 2.30. The number of morpholine rings is 1. The van der Waals surface area contributed by atoms with E-state index in [1.54, 1.807) is 0 Å². The maximum Gasteiger partial charge on any atom is 0.246 e. The van der Waals surface area contributed by atoms with Gasteiger partial charge in [-0.2, -0.15) is 4.98 Å². The van der Waals surface area contributed by atoms with Crippen LogP contribution < -0.4 is 4.90 Å². The average Bonchev–Trinajstić information content (AvgIpc) is 2.98. The Labute approximate surface area is 106 Å². The van der Waals surface area contributed by atoms with Crippen LogP contribution in [0.2, 0.25) is 0 Å². The summed E-state index contributed by atoms with van der Waals surface area (Å²) < 4.78 is 7.39. The maximum atomic E-state index is 5.33. The molecule has 1 N–H and O–H groups in total. The van der Waals surface area contributed by atoms with Crippen LogP contribution in [0.1, 0.15) is 11.4 Å². The van der Waals surface area contributed by atoms with Crippen molar-refractivity contribution in [2.75, 3.05) is 31.2 Å². The number of H-pyrrole nitrogens is 1. The summed E-state index contributed by atoms with van der Waals surface area (Å²) >= 11 is 0. The van der Waals surface area contributed by atoms with Crippen LogP contribution >= 0.6 is 0 Å². The molecule has 0 radical (unpaired) electrons. The van der Waals surface area contributed by atoms with Gasteiger partial charge in [0, 0.05) is 24.5 Å². The number of nitrogens with zero attached hydrogens (tertiary/aromatic N) is 4. The fourth-order valence-electron chi connectivity index (χ4n) is 2.25. The van der Waals surface area contributed by atoms with Crippen LogP contribution in [0.25, 0.3) is 5.95 Å². The second kappa shape index (κ2) is 4.45. The molecule has 6 heteroatoms. The lowest BCUT2D eigenvalue weighted by Gasteiger charge is -2.25. The summed E-state index contributed by atoms with van der Waals surface area (Å²) in [6.45, 7) is 7.30. The molecule has 0 aliphatic carbocycles. The minimum Gasteiger partial charge on any atom is -0.378 e. The summed E-state index contributed by atoms with van der Waals surface area (Å²) in [6.07, 6.45) is 0. The number of aromatic amines is 1. The molecule has 1 aliphatic heterocycles. The van der Waals surface area contributed by atoms with Gasteiger partial charge in [-0.3, -0.25) is 4.57 Å². The molecule has 96 valence electrons. The molecule has 18 heavy (non-hydrogen) atoms. The minimum atomic E-state index is 0.742. The quantitative estimate of drug-likeness (QED) is 0.861. The summed E-state index contributed by atoms with van der Waals surface area (Å²) in [5.74, 6) is 1.53. The highest BCUT2D eigenvalue weighted by Gasteiger charge is 2.16. The van der Waals surface area contributed by atoms with E-state index in [4.69, 9.17) is 4.74 Å². The third-order valence-electron chi connectivity index (χ3n) is 3.24. The van der Waals surface area contributed by atoms with Crippen molar-refractivity contribution in [1.82, 2.24) is 19.7 Å². The molecular weight excluding hydrogens is 230 g/mol. The van der Waals surface area contributed by atoms with Crippen molar-refractivity contribution in [1.29, 1.82) is 0 Å². The van der Waals surface area contributed by atoms with Crippen LogP contribution in [-0.4, -0.2) is 46.1 Å². The van der Waals surface area contributed by atoms with E-state index in [-0.39, 0.29) is 0 Å². The van der Waals surface area contributed by atoms with Crippen LogP contribution in [0.5, 0.6) is 0 Å². The molecular formula is C12H17N5O. The lowest BCUT2D eigenvalue weighted by Crippen LogP contribution is -2.36. The molecule has 3 rings (SSSR count). The molecule has 6 nitrogen and oxygen atoms in total. The molecule has 0 unspecified atom stereocenters. The molecule has 1 fully saturated rings. The molecule has 0 amide bonds. The van der Waals surface area contributed by atoms with E-state index in [0.29, 0.717) is 0 Å². The zero-order valence-electron chi connectivity index (χ0n) is 10.7. The number of anilines is 1. The highest BCUT2D eigenvalue weighted by Crippen LogP contribution is 2.16. The largest absolute Gasteiger partial charge is 0.378 e. The number of nitrogens with one attached hydrogen (secondary N) is 1. The number of ether oxygens (including phenoxy) is 1. The van der Waals surface area contributed by atoms with E-state index in [1.807, 2.05) is 0 Å². The minimum absolute atomic E-state index is 0.742. The van der Waals surface area contributed by atoms with Gasteiger partial charge in [0.05, 0.1) is 13.2 Å². The van der Waals surface area contributed by atoms with Gasteiger partial charge in [-0.05, 0) is 26.0 Å². The molecule has 3 heterocycles. The number of rotatable bonds is 2. The Hall–Kier alpha value is -1.82. The van der Waals surface area contributed by atoms with Crippen molar-refractivity contribution >= 4 is 5.95 Å². The number of hydrogen-bond acceptors (Lipinski definition) is 4. The Balaban J connectivity index is 1.89. The maximum absolute atomic E-state index is 5.33. The Kier molecular flexibility index (Phi) is 2.79. The van der Waals surface area contributed by atoms with E-state index in [1.165, 1.54) is 0 Å². The second-order valence-electron chi connectivity index (χ2n) is 4.51. The molecule has 1 saturated heterocycles. The van der Waals surface area contributed by atoms with Crippen LogP contribution in [0.3, 0.4) is 0 Å². The van der Waals surface area contributed by atoms with Crippen LogP contribution in [0.4, 0.5) is 5.95 Å². The first kappa shape index (κ1) is 11.3. The molecule has 0 atom stereocenters. The number of hydrogen-bond donors (Lipinski definition) is 1. The first-order valence-electron chi connectivity index (χ1n) is 6.16. The summed E-state index contributed by atoms with van der Waals surface area (Å²) in [4.78, 5) is 6.70. The van der Waals surface area contributed by atoms with E-state index in [0.717, 1.165) is 49.6 Å². The predicted molar refractivity (Wildman–Crippen MR) is 68.2 cm³/mol. The van der Waals surface area contributed by atoms with Crippen molar-refractivity contribution in [3.8, 4) is 5.95 Å². The third-order valence-corrected chi connectivity index (χ3v) is 3.24. The Bertz CT molecular complexity index is 519. The summed E-state index contributed by atoms with van der Waals surface area (Å²) in [5, 5.41) is 7.30. The number of aromatic nitrogens is 4. The lowest BCUT2D eigenvalue weighted by molar-refractivity contribution is 0.122. The van der Waals surface area contributed by atoms with Crippen LogP contribution in [0.15, 0.2) is 12.1 Å². The average molecular weight is 247 g/mol. The van der Waals surface area contributed by atoms with Gasteiger partial charge in [0.1, 0.15) is 0 Å². The molecule has 0 saturated carbocycles. The molecule has 2 aromatic rings. The first-order chi connectivity index (χ1) is 8.75. The highest BCUT2D eigenvalue weighted by molar-refractivity contribution is 5.35. The van der Waals surface area contributed by atoms with E-state index in [9.17, 15) is 0 Å².